The van der Waals surface area contributed by atoms with Crippen molar-refractivity contribution in [1.82, 2.24) is 4.98 Å². The summed E-state index contributed by atoms with van der Waals surface area (Å²) in [6, 6.07) is 7.26. The number of alkyl halides is 3. The lowest BCUT2D eigenvalue weighted by molar-refractivity contribution is -0.137. The molecule has 2 rings (SSSR count). The molecule has 67 valence electrons. The van der Waals surface area contributed by atoms with E-state index in [1.807, 2.05) is 0 Å². The standard InChI is InChI=1S/C8H3F3NS/c9-8(10,11)7-12-5-3-1-2-4-6(5)13-7/h1,3-4H. The Hall–Kier alpha value is -1.10. The predicted octanol–water partition coefficient (Wildman–Crippen LogP) is 3.12. The summed E-state index contributed by atoms with van der Waals surface area (Å²) in [7, 11) is 0. The lowest BCUT2D eigenvalue weighted by Crippen LogP contribution is -2.03. The zero-order valence-electron chi connectivity index (χ0n) is 6.22. The topological polar surface area (TPSA) is 12.9 Å². The van der Waals surface area contributed by atoms with E-state index >= 15 is 0 Å². The van der Waals surface area contributed by atoms with Gasteiger partial charge in [-0.15, -0.1) is 11.3 Å². The molecule has 1 nitrogen and oxygen atoms in total. The van der Waals surface area contributed by atoms with Crippen LogP contribution in [-0.2, 0) is 6.18 Å². The van der Waals surface area contributed by atoms with E-state index in [4.69, 9.17) is 0 Å². The number of hydrogen-bond donors (Lipinski definition) is 0. The highest BCUT2D eigenvalue weighted by atomic mass is 32.1. The second-order valence-corrected chi connectivity index (χ2v) is 3.44. The maximum Gasteiger partial charge on any atom is 0.443 e. The Balaban J connectivity index is 2.63. The van der Waals surface area contributed by atoms with Crippen LogP contribution in [0.5, 0.6) is 0 Å². The number of halogens is 3. The van der Waals surface area contributed by atoms with Gasteiger partial charge in [-0.2, -0.15) is 13.2 Å². The summed E-state index contributed by atoms with van der Waals surface area (Å²) in [4.78, 5) is 3.46. The van der Waals surface area contributed by atoms with Gasteiger partial charge in [-0.25, -0.2) is 4.98 Å². The number of thiazole rings is 1. The molecular weight excluding hydrogens is 199 g/mol. The average molecular weight is 202 g/mol. The fourth-order valence-corrected chi connectivity index (χ4v) is 1.75. The number of hydrogen-bond acceptors (Lipinski definition) is 2. The smallest absolute Gasteiger partial charge is 0.232 e. The van der Waals surface area contributed by atoms with Gasteiger partial charge < -0.3 is 0 Å². The molecule has 0 amide bonds. The third kappa shape index (κ3) is 1.51. The molecule has 0 saturated carbocycles. The first-order valence-electron chi connectivity index (χ1n) is 3.41. The zero-order valence-corrected chi connectivity index (χ0v) is 7.04. The highest BCUT2D eigenvalue weighted by Gasteiger charge is 2.34. The fourth-order valence-electron chi connectivity index (χ4n) is 0.939. The van der Waals surface area contributed by atoms with E-state index in [1.165, 1.54) is 12.1 Å². The Bertz CT molecular complexity index is 399. The van der Waals surface area contributed by atoms with E-state index in [9.17, 15) is 13.2 Å². The molecule has 0 fully saturated rings. The van der Waals surface area contributed by atoms with E-state index < -0.39 is 11.2 Å². The van der Waals surface area contributed by atoms with Crippen LogP contribution in [-0.4, -0.2) is 4.98 Å². The van der Waals surface area contributed by atoms with Gasteiger partial charge in [-0.05, 0) is 18.2 Å². The Morgan fingerprint density at radius 3 is 2.77 bits per heavy atom. The normalized spacial score (nSPS) is 12.2. The van der Waals surface area contributed by atoms with E-state index in [0.717, 1.165) is 0 Å². The SMILES string of the molecule is FC(F)(F)c1nc2cc[c]cc2s1. The number of benzene rings is 1. The van der Waals surface area contributed by atoms with Crippen LogP contribution in [0.25, 0.3) is 10.2 Å². The maximum absolute atomic E-state index is 12.2. The van der Waals surface area contributed by atoms with Gasteiger partial charge in [0.05, 0.1) is 10.2 Å². The minimum absolute atomic E-state index is 0.371. The summed E-state index contributed by atoms with van der Waals surface area (Å²) in [6.07, 6.45) is -4.34. The molecule has 5 heteroatoms. The number of rotatable bonds is 0. The summed E-state index contributed by atoms with van der Waals surface area (Å²) in [5, 5.41) is -0.804. The van der Waals surface area contributed by atoms with Gasteiger partial charge >= 0.3 is 6.18 Å². The minimum atomic E-state index is -4.34. The van der Waals surface area contributed by atoms with Gasteiger partial charge in [-0.1, -0.05) is 6.07 Å². The molecule has 0 atom stereocenters. The molecule has 2 aromatic rings. The van der Waals surface area contributed by atoms with Crippen molar-refractivity contribution in [2.45, 2.75) is 6.18 Å². The third-order valence-electron chi connectivity index (χ3n) is 1.48. The minimum Gasteiger partial charge on any atom is -0.232 e. The van der Waals surface area contributed by atoms with Crippen molar-refractivity contribution >= 4 is 21.6 Å². The average Bonchev–Trinajstić information content (AvgIpc) is 2.45. The molecule has 0 aliphatic heterocycles. The predicted molar refractivity (Wildman–Crippen MR) is 43.5 cm³/mol. The number of fused-ring (bicyclic) bond motifs is 1. The second kappa shape index (κ2) is 2.70. The van der Waals surface area contributed by atoms with Crippen LogP contribution in [0.4, 0.5) is 13.2 Å². The fraction of sp³-hybridized carbons (Fsp3) is 0.125. The number of aromatic nitrogens is 1. The number of nitrogens with zero attached hydrogens (tertiary/aromatic N) is 1. The molecular formula is C8H3F3NS. The van der Waals surface area contributed by atoms with Gasteiger partial charge in [0.2, 0.25) is 0 Å². The summed E-state index contributed by atoms with van der Waals surface area (Å²) in [5.74, 6) is 0. The molecule has 0 N–H and O–H groups in total. The molecule has 0 aliphatic carbocycles. The maximum atomic E-state index is 12.2. The first-order chi connectivity index (χ1) is 6.07. The third-order valence-corrected chi connectivity index (χ3v) is 2.54. The van der Waals surface area contributed by atoms with Crippen molar-refractivity contribution in [2.75, 3.05) is 0 Å². The molecule has 0 saturated heterocycles. The van der Waals surface area contributed by atoms with Crippen molar-refractivity contribution < 1.29 is 13.2 Å². The highest BCUT2D eigenvalue weighted by Crippen LogP contribution is 2.34. The van der Waals surface area contributed by atoms with Crippen molar-refractivity contribution in [3.63, 3.8) is 0 Å². The molecule has 1 aromatic heterocycles. The van der Waals surface area contributed by atoms with Crippen molar-refractivity contribution in [2.24, 2.45) is 0 Å². The first-order valence-corrected chi connectivity index (χ1v) is 4.23. The summed E-state index contributed by atoms with van der Waals surface area (Å²) >= 11 is 0.637. The molecule has 1 heterocycles. The lowest BCUT2D eigenvalue weighted by Gasteiger charge is -1.98. The van der Waals surface area contributed by atoms with Gasteiger partial charge in [0, 0.05) is 0 Å². The molecule has 0 bridgehead atoms. The Labute approximate surface area is 75.8 Å². The Morgan fingerprint density at radius 1 is 1.38 bits per heavy atom. The van der Waals surface area contributed by atoms with Crippen LogP contribution < -0.4 is 0 Å². The van der Waals surface area contributed by atoms with E-state index in [1.54, 1.807) is 6.07 Å². The monoisotopic (exact) mass is 202 g/mol. The van der Waals surface area contributed by atoms with E-state index in [-0.39, 0.29) is 0 Å². The van der Waals surface area contributed by atoms with Crippen LogP contribution in [0.2, 0.25) is 0 Å². The second-order valence-electron chi connectivity index (χ2n) is 2.41. The van der Waals surface area contributed by atoms with Crippen molar-refractivity contribution in [3.8, 4) is 0 Å². The first kappa shape index (κ1) is 8.50. The van der Waals surface area contributed by atoms with Crippen LogP contribution in [0.1, 0.15) is 5.01 Å². The molecule has 0 unspecified atom stereocenters. The molecule has 1 radical (unpaired) electrons. The van der Waals surface area contributed by atoms with Gasteiger partial charge in [0.1, 0.15) is 0 Å². The lowest BCUT2D eigenvalue weighted by atomic mass is 10.3. The Morgan fingerprint density at radius 2 is 2.15 bits per heavy atom. The molecule has 0 spiro atoms. The molecule has 13 heavy (non-hydrogen) atoms. The quantitative estimate of drug-likeness (QED) is 0.639. The van der Waals surface area contributed by atoms with Gasteiger partial charge in [0.15, 0.2) is 5.01 Å². The Kier molecular flexibility index (Phi) is 1.76. The molecule has 0 aliphatic rings. The summed E-state index contributed by atoms with van der Waals surface area (Å²) in [6.45, 7) is 0. The van der Waals surface area contributed by atoms with Crippen LogP contribution in [0.3, 0.4) is 0 Å². The highest BCUT2D eigenvalue weighted by molar-refractivity contribution is 7.18. The van der Waals surface area contributed by atoms with Gasteiger partial charge in [0.25, 0.3) is 0 Å². The van der Waals surface area contributed by atoms with E-state index in [2.05, 4.69) is 11.1 Å². The van der Waals surface area contributed by atoms with E-state index in [0.29, 0.717) is 21.6 Å². The van der Waals surface area contributed by atoms with Crippen LogP contribution in [0.15, 0.2) is 18.2 Å². The van der Waals surface area contributed by atoms with Gasteiger partial charge in [-0.3, -0.25) is 0 Å². The van der Waals surface area contributed by atoms with Crippen molar-refractivity contribution in [3.05, 3.63) is 29.3 Å². The summed E-state index contributed by atoms with van der Waals surface area (Å²) in [5.41, 5.74) is 0.371. The van der Waals surface area contributed by atoms with Crippen molar-refractivity contribution in [1.29, 1.82) is 0 Å². The summed E-state index contributed by atoms with van der Waals surface area (Å²) < 4.78 is 37.0. The van der Waals surface area contributed by atoms with Crippen LogP contribution >= 0.6 is 11.3 Å². The largest absolute Gasteiger partial charge is 0.443 e. The zero-order chi connectivity index (χ0) is 9.47. The van der Waals surface area contributed by atoms with Crippen LogP contribution in [0, 0.1) is 6.07 Å². The molecule has 1 aromatic carbocycles.